The van der Waals surface area contributed by atoms with Crippen molar-refractivity contribution < 1.29 is 19.0 Å². The van der Waals surface area contributed by atoms with Gasteiger partial charge in [0.2, 0.25) is 0 Å². The molecule has 3 aliphatic rings. The molecular weight excluding hydrogens is 454 g/mol. The fourth-order valence-corrected chi connectivity index (χ4v) is 5.70. The van der Waals surface area contributed by atoms with Gasteiger partial charge in [-0.2, -0.15) is 0 Å². The molecule has 194 valence electrons. The first-order chi connectivity index (χ1) is 17.7. The van der Waals surface area contributed by atoms with Crippen LogP contribution < -0.4 is 10.1 Å². The molecule has 7 heteroatoms. The minimum atomic E-state index is -0.168. The number of carbonyl (C=O) groups excluding carboxylic acids is 1. The maximum absolute atomic E-state index is 12.3. The molecule has 4 heterocycles. The number of nitrogens with one attached hydrogen (secondary N) is 1. The average Bonchev–Trinajstić information content (AvgIpc) is 3.59. The van der Waals surface area contributed by atoms with Gasteiger partial charge in [-0.3, -0.25) is 4.79 Å². The molecule has 1 unspecified atom stereocenters. The van der Waals surface area contributed by atoms with Gasteiger partial charge in [0.05, 0.1) is 26.7 Å². The zero-order valence-electron chi connectivity index (χ0n) is 21.4. The number of nitrogens with zero attached hydrogens (tertiary/aromatic N) is 2. The molecule has 0 amide bonds. The number of rotatable bonds is 10. The topological polar surface area (TPSA) is 72.9 Å². The molecule has 1 aromatic carbocycles. The number of hydrogen-bond acceptors (Lipinski definition) is 7. The van der Waals surface area contributed by atoms with Crippen LogP contribution in [0.1, 0.15) is 54.8 Å². The summed E-state index contributed by atoms with van der Waals surface area (Å²) in [6.45, 7) is 5.40. The second kappa shape index (κ2) is 12.1. The van der Waals surface area contributed by atoms with Crippen LogP contribution in [0.4, 0.5) is 5.82 Å². The van der Waals surface area contributed by atoms with Gasteiger partial charge in [-0.05, 0) is 73.9 Å². The molecule has 7 nitrogen and oxygen atoms in total. The van der Waals surface area contributed by atoms with Crippen molar-refractivity contribution >= 4 is 11.8 Å². The van der Waals surface area contributed by atoms with E-state index in [-0.39, 0.29) is 18.0 Å². The first-order valence-corrected chi connectivity index (χ1v) is 13.5. The van der Waals surface area contributed by atoms with Crippen LogP contribution in [0.3, 0.4) is 0 Å². The van der Waals surface area contributed by atoms with Crippen molar-refractivity contribution in [2.24, 2.45) is 5.92 Å². The van der Waals surface area contributed by atoms with E-state index >= 15 is 0 Å². The summed E-state index contributed by atoms with van der Waals surface area (Å²) in [5, 5.41) is 3.45. The zero-order chi connectivity index (χ0) is 24.7. The molecule has 3 atom stereocenters. The normalized spacial score (nSPS) is 22.6. The Hall–Kier alpha value is -2.64. The van der Waals surface area contributed by atoms with Gasteiger partial charge in [0.15, 0.2) is 0 Å². The van der Waals surface area contributed by atoms with E-state index in [0.717, 1.165) is 75.6 Å². The quantitative estimate of drug-likeness (QED) is 0.497. The van der Waals surface area contributed by atoms with Crippen LogP contribution in [0, 0.1) is 5.92 Å². The van der Waals surface area contributed by atoms with E-state index in [9.17, 15) is 4.79 Å². The number of likely N-dealkylation sites (tertiary alicyclic amines) is 1. The number of methoxy groups -OCH3 is 1. The SMILES string of the molecule is COC(=O)CC(CN1CC[C@@H](CCc2ccc3c(n2)NCCC3)C1)c1cccc(O[C@@H]2CCOC2)c1. The van der Waals surface area contributed by atoms with Gasteiger partial charge in [-0.25, -0.2) is 4.98 Å². The van der Waals surface area contributed by atoms with Gasteiger partial charge in [0, 0.05) is 37.7 Å². The van der Waals surface area contributed by atoms with Crippen LogP contribution >= 0.6 is 0 Å². The van der Waals surface area contributed by atoms with Crippen molar-refractivity contribution in [3.05, 3.63) is 53.2 Å². The van der Waals surface area contributed by atoms with Gasteiger partial charge >= 0.3 is 5.97 Å². The molecule has 0 bridgehead atoms. The van der Waals surface area contributed by atoms with Gasteiger partial charge in [0.1, 0.15) is 17.7 Å². The van der Waals surface area contributed by atoms with Crippen molar-refractivity contribution in [1.29, 1.82) is 0 Å². The number of benzene rings is 1. The Kier molecular flexibility index (Phi) is 8.39. The van der Waals surface area contributed by atoms with Crippen molar-refractivity contribution in [1.82, 2.24) is 9.88 Å². The third kappa shape index (κ3) is 6.56. The van der Waals surface area contributed by atoms with E-state index in [0.29, 0.717) is 18.9 Å². The molecule has 0 radical (unpaired) electrons. The standard InChI is InChI=1S/C29H39N3O4/c1-34-28(33)17-24(23-4-2-6-26(16-23)36-27-12-15-35-20-27)19-32-14-11-21(18-32)7-9-25-10-8-22-5-3-13-30-29(22)31-25/h2,4,6,8,10,16,21,24,27H,3,5,7,9,11-15,17-20H2,1H3,(H,30,31)/t21-,24?,27-/m1/s1. The molecule has 0 saturated carbocycles. The average molecular weight is 494 g/mol. The predicted octanol–water partition coefficient (Wildman–Crippen LogP) is 4.21. The Bertz CT molecular complexity index is 1020. The number of fused-ring (bicyclic) bond motifs is 1. The summed E-state index contributed by atoms with van der Waals surface area (Å²) in [6.07, 6.45) is 7.08. The number of aryl methyl sites for hydroxylation is 2. The van der Waals surface area contributed by atoms with Crippen LogP contribution in [0.15, 0.2) is 36.4 Å². The Balaban J connectivity index is 1.17. The summed E-state index contributed by atoms with van der Waals surface area (Å²) >= 11 is 0. The number of esters is 1. The Morgan fingerprint density at radius 2 is 2.22 bits per heavy atom. The summed E-state index contributed by atoms with van der Waals surface area (Å²) in [4.78, 5) is 19.6. The summed E-state index contributed by atoms with van der Waals surface area (Å²) in [5.74, 6) is 2.51. The highest BCUT2D eigenvalue weighted by atomic mass is 16.5. The maximum atomic E-state index is 12.3. The van der Waals surface area contributed by atoms with E-state index in [4.69, 9.17) is 19.2 Å². The number of aromatic nitrogens is 1. The highest BCUT2D eigenvalue weighted by Gasteiger charge is 2.27. The predicted molar refractivity (Wildman–Crippen MR) is 140 cm³/mol. The molecule has 5 rings (SSSR count). The Labute approximate surface area is 214 Å². The maximum Gasteiger partial charge on any atom is 0.306 e. The highest BCUT2D eigenvalue weighted by Crippen LogP contribution is 2.30. The molecule has 0 aliphatic carbocycles. The molecule has 1 N–H and O–H groups in total. The van der Waals surface area contributed by atoms with E-state index in [1.165, 1.54) is 31.2 Å². The summed E-state index contributed by atoms with van der Waals surface area (Å²) in [5.41, 5.74) is 3.67. The molecule has 0 spiro atoms. The highest BCUT2D eigenvalue weighted by molar-refractivity contribution is 5.70. The Morgan fingerprint density at radius 1 is 1.28 bits per heavy atom. The van der Waals surface area contributed by atoms with Gasteiger partial charge in [0.25, 0.3) is 0 Å². The van der Waals surface area contributed by atoms with Gasteiger partial charge in [-0.1, -0.05) is 18.2 Å². The monoisotopic (exact) mass is 493 g/mol. The fourth-order valence-electron chi connectivity index (χ4n) is 5.70. The van der Waals surface area contributed by atoms with Crippen LogP contribution in [0.5, 0.6) is 5.75 Å². The number of carbonyl (C=O) groups is 1. The van der Waals surface area contributed by atoms with Crippen molar-refractivity contribution in [2.75, 3.05) is 51.8 Å². The van der Waals surface area contributed by atoms with Crippen LogP contribution in [0.2, 0.25) is 0 Å². The summed E-state index contributed by atoms with van der Waals surface area (Å²) < 4.78 is 16.6. The molecule has 36 heavy (non-hydrogen) atoms. The fraction of sp³-hybridized carbons (Fsp3) is 0.586. The van der Waals surface area contributed by atoms with Crippen molar-refractivity contribution in [3.63, 3.8) is 0 Å². The first kappa shape index (κ1) is 25.0. The van der Waals surface area contributed by atoms with E-state index < -0.39 is 0 Å². The second-order valence-corrected chi connectivity index (χ2v) is 10.4. The molecular formula is C29H39N3O4. The second-order valence-electron chi connectivity index (χ2n) is 10.4. The van der Waals surface area contributed by atoms with Crippen LogP contribution in [0.25, 0.3) is 0 Å². The number of ether oxygens (including phenoxy) is 3. The molecule has 1 aromatic heterocycles. The minimum absolute atomic E-state index is 0.0768. The van der Waals surface area contributed by atoms with Crippen LogP contribution in [-0.4, -0.2) is 68.5 Å². The van der Waals surface area contributed by atoms with Crippen molar-refractivity contribution in [3.8, 4) is 5.75 Å². The van der Waals surface area contributed by atoms with E-state index in [1.807, 2.05) is 12.1 Å². The lowest BCUT2D eigenvalue weighted by molar-refractivity contribution is -0.141. The first-order valence-electron chi connectivity index (χ1n) is 13.5. The Morgan fingerprint density at radius 3 is 3.08 bits per heavy atom. The largest absolute Gasteiger partial charge is 0.488 e. The lowest BCUT2D eigenvalue weighted by atomic mass is 9.94. The lowest BCUT2D eigenvalue weighted by Crippen LogP contribution is -2.28. The zero-order valence-corrected chi connectivity index (χ0v) is 21.4. The molecule has 2 aromatic rings. The van der Waals surface area contributed by atoms with Crippen molar-refractivity contribution in [2.45, 2.75) is 57.0 Å². The minimum Gasteiger partial charge on any atom is -0.488 e. The van der Waals surface area contributed by atoms with E-state index in [2.05, 4.69) is 34.5 Å². The van der Waals surface area contributed by atoms with Crippen LogP contribution in [-0.2, 0) is 27.1 Å². The number of hydrogen-bond donors (Lipinski definition) is 1. The van der Waals surface area contributed by atoms with E-state index in [1.54, 1.807) is 0 Å². The third-order valence-electron chi connectivity index (χ3n) is 7.77. The summed E-state index contributed by atoms with van der Waals surface area (Å²) in [6, 6.07) is 12.7. The molecule has 2 fully saturated rings. The summed E-state index contributed by atoms with van der Waals surface area (Å²) in [7, 11) is 1.47. The molecule has 3 aliphatic heterocycles. The number of pyridine rings is 1. The lowest BCUT2D eigenvalue weighted by Gasteiger charge is -2.24. The number of anilines is 1. The molecule has 2 saturated heterocycles. The smallest absolute Gasteiger partial charge is 0.306 e. The van der Waals surface area contributed by atoms with Gasteiger partial charge < -0.3 is 24.4 Å². The van der Waals surface area contributed by atoms with Gasteiger partial charge in [-0.15, -0.1) is 0 Å². The third-order valence-corrected chi connectivity index (χ3v) is 7.77.